The van der Waals surface area contributed by atoms with Crippen molar-refractivity contribution in [1.82, 2.24) is 0 Å². The molecule has 0 spiro atoms. The Labute approximate surface area is 594 Å². The van der Waals surface area contributed by atoms with Gasteiger partial charge in [-0.05, 0) is 31.6 Å². The average molecular weight is 1420 g/mol. The third kappa shape index (κ3) is 72.2. The standard InChI is InChI=1S/C78H152O17P2/c1-6-9-12-15-18-21-23-24-25-26-27-28-29-30-31-32-35-40-44-49-54-59-64-78(83)95-74(68-89-76(81)62-57-52-47-42-39-36-33-34-38-41-45-50-55-60-71(4)5)70-93-97(86,87)91-66-72(79)65-90-96(84,85)92-69-73(67-88-75(80)61-56-51-46-20-17-14-11-8-3)94-77(82)63-58-53-48-43-37-22-19-16-13-10-7-2/h71-74,79H,6-70H2,1-5H3,(H,84,85)(H,86,87)/t72-,73+,74+/m0/s1. The molecule has 0 aromatic carbocycles. The predicted octanol–water partition coefficient (Wildman–Crippen LogP) is 23.3. The quantitative estimate of drug-likeness (QED) is 0.0222. The van der Waals surface area contributed by atoms with Crippen LogP contribution in [0.25, 0.3) is 0 Å². The number of esters is 4. The van der Waals surface area contributed by atoms with Crippen molar-refractivity contribution in [3.05, 3.63) is 0 Å². The molecular weight excluding hydrogens is 1270 g/mol. The first-order chi connectivity index (χ1) is 47.0. The van der Waals surface area contributed by atoms with Gasteiger partial charge >= 0.3 is 39.5 Å². The zero-order chi connectivity index (χ0) is 71.2. The Kier molecular flexibility index (Phi) is 69.6. The van der Waals surface area contributed by atoms with E-state index in [0.29, 0.717) is 25.7 Å². The van der Waals surface area contributed by atoms with Crippen molar-refractivity contribution in [3.63, 3.8) is 0 Å². The first kappa shape index (κ1) is 95.1. The number of unbranched alkanes of at least 4 members (excludes halogenated alkanes) is 50. The number of aliphatic hydroxyl groups is 1. The second kappa shape index (κ2) is 71.1. The lowest BCUT2D eigenvalue weighted by atomic mass is 10.0. The highest BCUT2D eigenvalue weighted by molar-refractivity contribution is 7.47. The Balaban J connectivity index is 5.16. The maximum Gasteiger partial charge on any atom is 0.472 e. The fourth-order valence-corrected chi connectivity index (χ4v) is 13.6. The molecule has 0 rings (SSSR count). The molecule has 0 aromatic heterocycles. The van der Waals surface area contributed by atoms with Crippen molar-refractivity contribution in [2.24, 2.45) is 5.92 Å². The molecule has 3 N–H and O–H groups in total. The third-order valence-corrected chi connectivity index (χ3v) is 20.2. The van der Waals surface area contributed by atoms with Crippen LogP contribution in [0.1, 0.15) is 413 Å². The molecule has 97 heavy (non-hydrogen) atoms. The highest BCUT2D eigenvalue weighted by Gasteiger charge is 2.30. The van der Waals surface area contributed by atoms with Gasteiger partial charge in [-0.3, -0.25) is 37.3 Å². The van der Waals surface area contributed by atoms with Crippen LogP contribution in [-0.4, -0.2) is 96.7 Å². The molecular formula is C78H152O17P2. The minimum atomic E-state index is -4.96. The fourth-order valence-electron chi connectivity index (χ4n) is 12.1. The van der Waals surface area contributed by atoms with Gasteiger partial charge in [0.15, 0.2) is 12.2 Å². The van der Waals surface area contributed by atoms with Crippen molar-refractivity contribution >= 4 is 39.5 Å². The van der Waals surface area contributed by atoms with Gasteiger partial charge in [-0.2, -0.15) is 0 Å². The van der Waals surface area contributed by atoms with Crippen molar-refractivity contribution in [1.29, 1.82) is 0 Å². The molecule has 0 bridgehead atoms. The SMILES string of the molecule is CCCCCCCCCCCCCCCCCCCCCCCCC(=O)O[C@H](COC(=O)CCCCCCCCCCCCCCCC(C)C)COP(=O)(O)OC[C@@H](O)COP(=O)(O)OC[C@@H](COC(=O)CCCCCCCCCC)OC(=O)CCCCCCCCCCCCC. The molecule has 0 amide bonds. The van der Waals surface area contributed by atoms with Crippen molar-refractivity contribution < 1.29 is 80.2 Å². The largest absolute Gasteiger partial charge is 0.472 e. The summed E-state index contributed by atoms with van der Waals surface area (Å²) < 4.78 is 68.5. The second-order valence-corrected chi connectivity index (χ2v) is 31.5. The van der Waals surface area contributed by atoms with Crippen molar-refractivity contribution in [2.45, 2.75) is 432 Å². The summed E-state index contributed by atoms with van der Waals surface area (Å²) in [5.41, 5.74) is 0. The first-order valence-corrected chi connectivity index (χ1v) is 43.6. The van der Waals surface area contributed by atoms with Gasteiger partial charge in [0.1, 0.15) is 19.3 Å². The number of ether oxygens (including phenoxy) is 4. The van der Waals surface area contributed by atoms with Crippen LogP contribution in [0.2, 0.25) is 0 Å². The minimum absolute atomic E-state index is 0.107. The molecule has 0 saturated carbocycles. The number of phosphoric acid groups is 2. The Bertz CT molecular complexity index is 1860. The van der Waals surface area contributed by atoms with Crippen LogP contribution >= 0.6 is 15.6 Å². The van der Waals surface area contributed by atoms with Crippen molar-refractivity contribution in [3.8, 4) is 0 Å². The molecule has 0 radical (unpaired) electrons. The van der Waals surface area contributed by atoms with E-state index in [9.17, 15) is 43.2 Å². The van der Waals surface area contributed by atoms with Crippen LogP contribution < -0.4 is 0 Å². The lowest BCUT2D eigenvalue weighted by molar-refractivity contribution is -0.161. The van der Waals surface area contributed by atoms with Gasteiger partial charge in [0.05, 0.1) is 26.4 Å². The molecule has 2 unspecified atom stereocenters. The van der Waals surface area contributed by atoms with Crippen LogP contribution in [0, 0.1) is 5.92 Å². The average Bonchev–Trinajstić information content (AvgIpc) is 1.84. The van der Waals surface area contributed by atoms with E-state index in [1.807, 2.05) is 0 Å². The highest BCUT2D eigenvalue weighted by Crippen LogP contribution is 2.45. The highest BCUT2D eigenvalue weighted by atomic mass is 31.2. The number of carbonyl (C=O) groups excluding carboxylic acids is 4. The van der Waals surface area contributed by atoms with Crippen LogP contribution in [-0.2, 0) is 65.4 Å². The normalized spacial score (nSPS) is 13.9. The summed E-state index contributed by atoms with van der Waals surface area (Å²) in [7, 11) is -9.91. The van der Waals surface area contributed by atoms with E-state index in [-0.39, 0.29) is 25.7 Å². The third-order valence-electron chi connectivity index (χ3n) is 18.3. The van der Waals surface area contributed by atoms with Gasteiger partial charge in [-0.15, -0.1) is 0 Å². The molecule has 0 heterocycles. The summed E-state index contributed by atoms with van der Waals surface area (Å²) in [4.78, 5) is 72.7. The maximum atomic E-state index is 13.1. The summed E-state index contributed by atoms with van der Waals surface area (Å²) in [5.74, 6) is -1.32. The molecule has 0 saturated heterocycles. The summed E-state index contributed by atoms with van der Waals surface area (Å²) >= 11 is 0. The van der Waals surface area contributed by atoms with Crippen LogP contribution in [0.3, 0.4) is 0 Å². The summed E-state index contributed by atoms with van der Waals surface area (Å²) in [6.45, 7) is 7.29. The molecule has 0 aliphatic rings. The summed E-state index contributed by atoms with van der Waals surface area (Å²) in [5, 5.41) is 10.6. The monoisotopic (exact) mass is 1420 g/mol. The van der Waals surface area contributed by atoms with E-state index >= 15 is 0 Å². The summed E-state index contributed by atoms with van der Waals surface area (Å²) in [6.07, 6.45) is 61.2. The molecule has 5 atom stereocenters. The van der Waals surface area contributed by atoms with Gasteiger partial charge in [-0.1, -0.05) is 362 Å². The molecule has 0 aliphatic carbocycles. The maximum absolute atomic E-state index is 13.1. The van der Waals surface area contributed by atoms with Gasteiger partial charge in [0.2, 0.25) is 0 Å². The van der Waals surface area contributed by atoms with Crippen LogP contribution in [0.5, 0.6) is 0 Å². The zero-order valence-corrected chi connectivity index (χ0v) is 65.0. The number of phosphoric ester groups is 2. The minimum Gasteiger partial charge on any atom is -0.462 e. The number of hydrogen-bond acceptors (Lipinski definition) is 15. The number of rotatable bonds is 78. The van der Waals surface area contributed by atoms with E-state index in [1.54, 1.807) is 0 Å². The second-order valence-electron chi connectivity index (χ2n) is 28.6. The number of aliphatic hydroxyl groups excluding tert-OH is 1. The van der Waals surface area contributed by atoms with E-state index < -0.39 is 97.5 Å². The number of carbonyl (C=O) groups is 4. The topological polar surface area (TPSA) is 237 Å². The Morgan fingerprint density at radius 3 is 0.701 bits per heavy atom. The smallest absolute Gasteiger partial charge is 0.462 e. The van der Waals surface area contributed by atoms with Crippen molar-refractivity contribution in [2.75, 3.05) is 39.6 Å². The van der Waals surface area contributed by atoms with E-state index in [2.05, 4.69) is 34.6 Å². The van der Waals surface area contributed by atoms with Gasteiger partial charge in [0, 0.05) is 25.7 Å². The van der Waals surface area contributed by atoms with Crippen LogP contribution in [0.15, 0.2) is 0 Å². The van der Waals surface area contributed by atoms with E-state index in [1.165, 1.54) is 231 Å². The molecule has 576 valence electrons. The van der Waals surface area contributed by atoms with Crippen LogP contribution in [0.4, 0.5) is 0 Å². The Morgan fingerprint density at radius 1 is 0.278 bits per heavy atom. The zero-order valence-electron chi connectivity index (χ0n) is 63.2. The predicted molar refractivity (Wildman–Crippen MR) is 395 cm³/mol. The number of hydrogen-bond donors (Lipinski definition) is 3. The van der Waals surface area contributed by atoms with E-state index in [4.69, 9.17) is 37.0 Å². The molecule has 0 aromatic rings. The molecule has 19 heteroatoms. The lowest BCUT2D eigenvalue weighted by Gasteiger charge is -2.21. The summed E-state index contributed by atoms with van der Waals surface area (Å²) in [6, 6.07) is 0. The molecule has 17 nitrogen and oxygen atoms in total. The molecule has 0 aliphatic heterocycles. The van der Waals surface area contributed by atoms with Gasteiger partial charge in [0.25, 0.3) is 0 Å². The first-order valence-electron chi connectivity index (χ1n) is 40.6. The van der Waals surface area contributed by atoms with Gasteiger partial charge in [-0.25, -0.2) is 9.13 Å². The van der Waals surface area contributed by atoms with Gasteiger partial charge < -0.3 is 33.8 Å². The lowest BCUT2D eigenvalue weighted by Crippen LogP contribution is -2.30. The fraction of sp³-hybridized carbons (Fsp3) is 0.949. The molecule has 0 fully saturated rings. The Hall–Kier alpha value is -1.94. The van der Waals surface area contributed by atoms with E-state index in [0.717, 1.165) is 102 Å². The Morgan fingerprint density at radius 2 is 0.474 bits per heavy atom.